The van der Waals surface area contributed by atoms with Gasteiger partial charge in [0.1, 0.15) is 6.04 Å². The predicted molar refractivity (Wildman–Crippen MR) is 115 cm³/mol. The van der Waals surface area contributed by atoms with Crippen LogP contribution in [0.4, 0.5) is 17.1 Å². The number of nitrogens with zero attached hydrogens (tertiary/aromatic N) is 1. The van der Waals surface area contributed by atoms with Gasteiger partial charge in [-0.15, -0.1) is 0 Å². The number of anilines is 3. The fraction of sp³-hybridized carbons (Fsp3) is 0.304. The van der Waals surface area contributed by atoms with Crippen LogP contribution in [-0.2, 0) is 14.3 Å². The molecule has 1 saturated heterocycles. The quantitative estimate of drug-likeness (QED) is 0.549. The number of fused-ring (bicyclic) bond motifs is 3. The molecule has 0 aliphatic carbocycles. The molecule has 8 heteroatoms. The molecule has 0 unspecified atom stereocenters. The number of nitrogens with one attached hydrogen (secondary N) is 2. The van der Waals surface area contributed by atoms with Gasteiger partial charge >= 0.3 is 5.97 Å². The average Bonchev–Trinajstić information content (AvgIpc) is 3.28. The van der Waals surface area contributed by atoms with Gasteiger partial charge in [-0.05, 0) is 55.3 Å². The summed E-state index contributed by atoms with van der Waals surface area (Å²) < 4.78 is 5.18. The molecular weight excluding hydrogens is 398 g/mol. The van der Waals surface area contributed by atoms with Gasteiger partial charge in [0.05, 0.1) is 16.9 Å². The maximum atomic E-state index is 12.4. The molecule has 0 bridgehead atoms. The normalized spacial score (nSPS) is 16.7. The summed E-state index contributed by atoms with van der Waals surface area (Å²) >= 11 is 0. The Bertz CT molecular complexity index is 1050. The molecule has 160 valence electrons. The van der Waals surface area contributed by atoms with E-state index >= 15 is 0 Å². The summed E-state index contributed by atoms with van der Waals surface area (Å²) in [7, 11) is 0. The van der Waals surface area contributed by atoms with Gasteiger partial charge in [-0.3, -0.25) is 14.4 Å². The molecule has 8 nitrogen and oxygen atoms in total. The van der Waals surface area contributed by atoms with Gasteiger partial charge < -0.3 is 20.3 Å². The summed E-state index contributed by atoms with van der Waals surface area (Å²) in [6.45, 7) is 2.16. The lowest BCUT2D eigenvalue weighted by atomic mass is 10.1. The first kappa shape index (κ1) is 20.6. The summed E-state index contributed by atoms with van der Waals surface area (Å²) in [5.41, 5.74) is 2.71. The van der Waals surface area contributed by atoms with Crippen molar-refractivity contribution in [2.24, 2.45) is 0 Å². The van der Waals surface area contributed by atoms with Crippen LogP contribution >= 0.6 is 0 Å². The molecule has 31 heavy (non-hydrogen) atoms. The van der Waals surface area contributed by atoms with Gasteiger partial charge in [0, 0.05) is 24.2 Å². The van der Waals surface area contributed by atoms with Crippen molar-refractivity contribution in [3.63, 3.8) is 0 Å². The van der Waals surface area contributed by atoms with Crippen LogP contribution in [0.2, 0.25) is 0 Å². The molecule has 2 N–H and O–H groups in total. The lowest BCUT2D eigenvalue weighted by Crippen LogP contribution is -2.43. The lowest BCUT2D eigenvalue weighted by Gasteiger charge is -2.33. The lowest BCUT2D eigenvalue weighted by molar-refractivity contribution is -0.117. The van der Waals surface area contributed by atoms with Gasteiger partial charge in [-0.25, -0.2) is 4.79 Å². The van der Waals surface area contributed by atoms with E-state index < -0.39 is 12.6 Å². The zero-order valence-corrected chi connectivity index (χ0v) is 17.1. The van der Waals surface area contributed by atoms with Crippen molar-refractivity contribution in [1.29, 1.82) is 0 Å². The van der Waals surface area contributed by atoms with Gasteiger partial charge in [0.2, 0.25) is 11.8 Å². The van der Waals surface area contributed by atoms with Crippen molar-refractivity contribution in [2.45, 2.75) is 32.2 Å². The van der Waals surface area contributed by atoms with Crippen LogP contribution in [0.3, 0.4) is 0 Å². The summed E-state index contributed by atoms with van der Waals surface area (Å²) in [6.07, 6.45) is 2.14. The number of carbonyl (C=O) groups is 4. The minimum atomic E-state index is -0.638. The SMILES string of the molecule is CCC(=O)Nc1ccc(C(=O)COC(=O)c2ccc3c(c2)NC(=O)[C@@H]2CCCN32)cc1. The average molecular weight is 421 g/mol. The van der Waals surface area contributed by atoms with E-state index in [0.29, 0.717) is 23.4 Å². The minimum Gasteiger partial charge on any atom is -0.454 e. The van der Waals surface area contributed by atoms with Crippen molar-refractivity contribution in [3.8, 4) is 0 Å². The fourth-order valence-electron chi connectivity index (χ4n) is 3.84. The molecule has 2 amide bonds. The third-order valence-corrected chi connectivity index (χ3v) is 5.50. The molecule has 2 aromatic carbocycles. The maximum absolute atomic E-state index is 12.4. The van der Waals surface area contributed by atoms with Crippen molar-refractivity contribution in [1.82, 2.24) is 0 Å². The van der Waals surface area contributed by atoms with E-state index in [1.165, 1.54) is 0 Å². The Kier molecular flexibility index (Phi) is 5.70. The Morgan fingerprint density at radius 3 is 2.61 bits per heavy atom. The Morgan fingerprint density at radius 1 is 1.13 bits per heavy atom. The Morgan fingerprint density at radius 2 is 1.87 bits per heavy atom. The molecule has 1 fully saturated rings. The number of hydrogen-bond donors (Lipinski definition) is 2. The molecule has 0 spiro atoms. The molecular formula is C23H23N3O5. The first-order valence-electron chi connectivity index (χ1n) is 10.3. The van der Waals surface area contributed by atoms with E-state index in [1.807, 2.05) is 0 Å². The van der Waals surface area contributed by atoms with E-state index in [1.54, 1.807) is 49.4 Å². The molecule has 1 atom stereocenters. The number of Topliss-reactive ketones (excluding diaryl/α,β-unsaturated/α-hetero) is 1. The zero-order chi connectivity index (χ0) is 22.0. The van der Waals surface area contributed by atoms with Crippen molar-refractivity contribution in [3.05, 3.63) is 53.6 Å². The monoisotopic (exact) mass is 421 g/mol. The molecule has 0 saturated carbocycles. The van der Waals surface area contributed by atoms with E-state index in [9.17, 15) is 19.2 Å². The third kappa shape index (κ3) is 4.28. The Hall–Kier alpha value is -3.68. The number of carbonyl (C=O) groups excluding carboxylic acids is 4. The number of ether oxygens (including phenoxy) is 1. The molecule has 4 rings (SSSR count). The number of ketones is 1. The van der Waals surface area contributed by atoms with Gasteiger partial charge in [0.15, 0.2) is 12.4 Å². The Balaban J connectivity index is 1.38. The topological polar surface area (TPSA) is 105 Å². The highest BCUT2D eigenvalue weighted by Crippen LogP contribution is 2.37. The molecule has 0 radical (unpaired) electrons. The minimum absolute atomic E-state index is 0.0655. The predicted octanol–water partition coefficient (Wildman–Crippen LogP) is 3.00. The van der Waals surface area contributed by atoms with Crippen LogP contribution in [0.5, 0.6) is 0 Å². The number of esters is 1. The number of hydrogen-bond acceptors (Lipinski definition) is 6. The van der Waals surface area contributed by atoms with Crippen LogP contribution < -0.4 is 15.5 Å². The smallest absolute Gasteiger partial charge is 0.338 e. The largest absolute Gasteiger partial charge is 0.454 e. The summed E-state index contributed by atoms with van der Waals surface area (Å²) in [5.74, 6) is -1.17. The second-order valence-electron chi connectivity index (χ2n) is 7.55. The maximum Gasteiger partial charge on any atom is 0.338 e. The van der Waals surface area contributed by atoms with Crippen molar-refractivity contribution < 1.29 is 23.9 Å². The second-order valence-corrected chi connectivity index (χ2v) is 7.55. The van der Waals surface area contributed by atoms with Gasteiger partial charge in [0.25, 0.3) is 0 Å². The van der Waals surface area contributed by atoms with Gasteiger partial charge in [-0.2, -0.15) is 0 Å². The summed E-state index contributed by atoms with van der Waals surface area (Å²) in [4.78, 5) is 50.5. The molecule has 2 aliphatic rings. The van der Waals surface area contributed by atoms with E-state index in [2.05, 4.69) is 15.5 Å². The van der Waals surface area contributed by atoms with Crippen LogP contribution in [-0.4, -0.2) is 42.8 Å². The van der Waals surface area contributed by atoms with Crippen molar-refractivity contribution in [2.75, 3.05) is 28.7 Å². The van der Waals surface area contributed by atoms with E-state index in [4.69, 9.17) is 4.74 Å². The van der Waals surface area contributed by atoms with Crippen LogP contribution in [0, 0.1) is 0 Å². The van der Waals surface area contributed by atoms with E-state index in [-0.39, 0.29) is 29.2 Å². The first-order chi connectivity index (χ1) is 15.0. The van der Waals surface area contributed by atoms with Crippen LogP contribution in [0.15, 0.2) is 42.5 Å². The molecule has 2 heterocycles. The third-order valence-electron chi connectivity index (χ3n) is 5.50. The number of amides is 2. The van der Waals surface area contributed by atoms with Crippen LogP contribution in [0.1, 0.15) is 46.9 Å². The standard InChI is InChI=1S/C23H23N3O5/c1-2-21(28)24-16-8-5-14(6-9-16)20(27)13-31-23(30)15-7-10-18-17(12-15)25-22(29)19-4-3-11-26(18)19/h5-10,12,19H,2-4,11,13H2,1H3,(H,24,28)(H,25,29)/t19-/m0/s1. The Labute approximate surface area is 179 Å². The molecule has 0 aromatic heterocycles. The highest BCUT2D eigenvalue weighted by Gasteiger charge is 2.36. The highest BCUT2D eigenvalue weighted by atomic mass is 16.5. The second kappa shape index (κ2) is 8.59. The number of rotatable bonds is 6. The zero-order valence-electron chi connectivity index (χ0n) is 17.1. The van der Waals surface area contributed by atoms with Crippen molar-refractivity contribution >= 4 is 40.6 Å². The van der Waals surface area contributed by atoms with Gasteiger partial charge in [-0.1, -0.05) is 6.92 Å². The highest BCUT2D eigenvalue weighted by molar-refractivity contribution is 6.06. The molecule has 2 aromatic rings. The first-order valence-corrected chi connectivity index (χ1v) is 10.3. The summed E-state index contributed by atoms with van der Waals surface area (Å²) in [5, 5.41) is 5.56. The fourth-order valence-corrected chi connectivity index (χ4v) is 3.84. The molecule has 2 aliphatic heterocycles. The van der Waals surface area contributed by atoms with E-state index in [0.717, 1.165) is 25.1 Å². The summed E-state index contributed by atoms with van der Waals surface area (Å²) in [6, 6.07) is 11.3. The number of benzene rings is 2. The van der Waals surface area contributed by atoms with Crippen LogP contribution in [0.25, 0.3) is 0 Å².